The van der Waals surface area contributed by atoms with Gasteiger partial charge >= 0.3 is 0 Å². The van der Waals surface area contributed by atoms with Gasteiger partial charge in [-0.3, -0.25) is 4.90 Å². The van der Waals surface area contributed by atoms with E-state index in [0.29, 0.717) is 23.3 Å². The molecule has 0 unspecified atom stereocenters. The van der Waals surface area contributed by atoms with Gasteiger partial charge < -0.3 is 4.74 Å². The van der Waals surface area contributed by atoms with Crippen LogP contribution in [0.25, 0.3) is 0 Å². The number of halogens is 2. The average Bonchev–Trinajstić information content (AvgIpc) is 2.24. The maximum absolute atomic E-state index is 6.02. The predicted molar refractivity (Wildman–Crippen MR) is 67.1 cm³/mol. The molecular weight excluding hydrogens is 247 g/mol. The highest BCUT2D eigenvalue weighted by Crippen LogP contribution is 2.17. The van der Waals surface area contributed by atoms with Crippen LogP contribution in [0.1, 0.15) is 12.6 Å². The van der Waals surface area contributed by atoms with Gasteiger partial charge in [-0.2, -0.15) is 0 Å². The molecule has 0 radical (unpaired) electrons. The molecule has 0 fully saturated rings. The van der Waals surface area contributed by atoms with Gasteiger partial charge in [0.05, 0.1) is 17.3 Å². The molecule has 1 heterocycles. The zero-order valence-electron chi connectivity index (χ0n) is 9.54. The van der Waals surface area contributed by atoms with Crippen molar-refractivity contribution in [3.05, 3.63) is 28.0 Å². The molecule has 0 spiro atoms. The number of aromatic nitrogens is 1. The standard InChI is InChI=1S/C11H16Cl2N2O/c1-3-16-7-6-15(2)8-10-9(12)4-5-11(13)14-10/h4-5H,3,6-8H2,1-2H3. The second kappa shape index (κ2) is 7.07. The smallest absolute Gasteiger partial charge is 0.129 e. The number of hydrogen-bond acceptors (Lipinski definition) is 3. The number of nitrogens with zero attached hydrogens (tertiary/aromatic N) is 2. The van der Waals surface area contributed by atoms with Gasteiger partial charge in [0.1, 0.15) is 5.15 Å². The van der Waals surface area contributed by atoms with Crippen LogP contribution in [0.15, 0.2) is 12.1 Å². The number of pyridine rings is 1. The molecule has 0 saturated carbocycles. The van der Waals surface area contributed by atoms with Crippen LogP contribution in [-0.2, 0) is 11.3 Å². The Morgan fingerprint density at radius 1 is 1.38 bits per heavy atom. The van der Waals surface area contributed by atoms with Gasteiger partial charge in [-0.05, 0) is 26.1 Å². The highest BCUT2D eigenvalue weighted by molar-refractivity contribution is 6.32. The van der Waals surface area contributed by atoms with Gasteiger partial charge in [0, 0.05) is 19.7 Å². The van der Waals surface area contributed by atoms with Crippen molar-refractivity contribution in [1.82, 2.24) is 9.88 Å². The number of ether oxygens (including phenoxy) is 1. The SMILES string of the molecule is CCOCCN(C)Cc1nc(Cl)ccc1Cl. The molecule has 0 atom stereocenters. The molecule has 0 saturated heterocycles. The minimum absolute atomic E-state index is 0.470. The van der Waals surface area contributed by atoms with Crippen LogP contribution in [0.3, 0.4) is 0 Å². The van der Waals surface area contributed by atoms with Crippen LogP contribution in [0.5, 0.6) is 0 Å². The van der Waals surface area contributed by atoms with Crippen molar-refractivity contribution in [1.29, 1.82) is 0 Å². The fourth-order valence-corrected chi connectivity index (χ4v) is 1.60. The van der Waals surface area contributed by atoms with Gasteiger partial charge in [0.2, 0.25) is 0 Å². The molecule has 1 aromatic rings. The van der Waals surface area contributed by atoms with Gasteiger partial charge in [0.15, 0.2) is 0 Å². The largest absolute Gasteiger partial charge is 0.380 e. The molecule has 5 heteroatoms. The third-order valence-corrected chi connectivity index (χ3v) is 2.68. The molecule has 0 aliphatic rings. The lowest BCUT2D eigenvalue weighted by Gasteiger charge is -2.16. The van der Waals surface area contributed by atoms with E-state index in [0.717, 1.165) is 18.8 Å². The van der Waals surface area contributed by atoms with Crippen molar-refractivity contribution in [3.8, 4) is 0 Å². The van der Waals surface area contributed by atoms with E-state index in [2.05, 4.69) is 9.88 Å². The van der Waals surface area contributed by atoms with Crippen LogP contribution in [0.4, 0.5) is 0 Å². The minimum atomic E-state index is 0.470. The lowest BCUT2D eigenvalue weighted by molar-refractivity contribution is 0.120. The summed E-state index contributed by atoms with van der Waals surface area (Å²) < 4.78 is 5.27. The zero-order valence-corrected chi connectivity index (χ0v) is 11.1. The van der Waals surface area contributed by atoms with E-state index in [9.17, 15) is 0 Å². The number of hydrogen-bond donors (Lipinski definition) is 0. The van der Waals surface area contributed by atoms with E-state index in [4.69, 9.17) is 27.9 Å². The average molecular weight is 263 g/mol. The van der Waals surface area contributed by atoms with Gasteiger partial charge in [0.25, 0.3) is 0 Å². The quantitative estimate of drug-likeness (QED) is 0.583. The Bertz CT molecular complexity index is 334. The molecule has 0 bridgehead atoms. The van der Waals surface area contributed by atoms with Crippen LogP contribution >= 0.6 is 23.2 Å². The van der Waals surface area contributed by atoms with E-state index >= 15 is 0 Å². The summed E-state index contributed by atoms with van der Waals surface area (Å²) in [5, 5.41) is 1.12. The Hall–Kier alpha value is -0.350. The summed E-state index contributed by atoms with van der Waals surface area (Å²) in [5.41, 5.74) is 0.799. The van der Waals surface area contributed by atoms with Gasteiger partial charge in [-0.1, -0.05) is 23.2 Å². The normalized spacial score (nSPS) is 11.1. The highest BCUT2D eigenvalue weighted by Gasteiger charge is 2.06. The molecule has 1 aromatic heterocycles. The molecule has 3 nitrogen and oxygen atoms in total. The second-order valence-corrected chi connectivity index (χ2v) is 4.29. The minimum Gasteiger partial charge on any atom is -0.380 e. The Balaban J connectivity index is 2.48. The maximum atomic E-state index is 6.02. The second-order valence-electron chi connectivity index (χ2n) is 3.50. The van der Waals surface area contributed by atoms with Crippen LogP contribution in [-0.4, -0.2) is 36.7 Å². The van der Waals surface area contributed by atoms with Crippen LogP contribution < -0.4 is 0 Å². The van der Waals surface area contributed by atoms with E-state index < -0.39 is 0 Å². The first kappa shape index (κ1) is 13.7. The Labute approximate surface area is 106 Å². The Morgan fingerprint density at radius 2 is 2.12 bits per heavy atom. The van der Waals surface area contributed by atoms with Gasteiger partial charge in [-0.15, -0.1) is 0 Å². The van der Waals surface area contributed by atoms with Crippen molar-refractivity contribution >= 4 is 23.2 Å². The summed E-state index contributed by atoms with van der Waals surface area (Å²) in [7, 11) is 2.00. The number of rotatable bonds is 6. The third-order valence-electron chi connectivity index (χ3n) is 2.13. The van der Waals surface area contributed by atoms with Crippen molar-refractivity contribution in [3.63, 3.8) is 0 Å². The monoisotopic (exact) mass is 262 g/mol. The van der Waals surface area contributed by atoms with Crippen molar-refractivity contribution in [2.45, 2.75) is 13.5 Å². The molecule has 0 aromatic carbocycles. The Morgan fingerprint density at radius 3 is 2.81 bits per heavy atom. The highest BCUT2D eigenvalue weighted by atomic mass is 35.5. The summed E-state index contributed by atoms with van der Waals surface area (Å²) in [6.07, 6.45) is 0. The topological polar surface area (TPSA) is 25.4 Å². The van der Waals surface area contributed by atoms with Crippen molar-refractivity contribution in [2.24, 2.45) is 0 Å². The first-order chi connectivity index (χ1) is 7.63. The molecular formula is C11H16Cl2N2O. The maximum Gasteiger partial charge on any atom is 0.129 e. The lowest BCUT2D eigenvalue weighted by atomic mass is 10.3. The van der Waals surface area contributed by atoms with Crippen LogP contribution in [0.2, 0.25) is 10.2 Å². The van der Waals surface area contributed by atoms with Gasteiger partial charge in [-0.25, -0.2) is 4.98 Å². The van der Waals surface area contributed by atoms with Crippen LogP contribution in [0, 0.1) is 0 Å². The summed E-state index contributed by atoms with van der Waals surface area (Å²) in [6, 6.07) is 3.45. The molecule has 16 heavy (non-hydrogen) atoms. The first-order valence-corrected chi connectivity index (χ1v) is 5.96. The molecule has 90 valence electrons. The molecule has 0 amide bonds. The molecule has 0 aliphatic carbocycles. The third kappa shape index (κ3) is 4.66. The fourth-order valence-electron chi connectivity index (χ4n) is 1.27. The summed E-state index contributed by atoms with van der Waals surface area (Å²) in [4.78, 5) is 6.29. The van der Waals surface area contributed by atoms with E-state index in [1.165, 1.54) is 0 Å². The summed E-state index contributed by atoms with van der Waals surface area (Å²) in [6.45, 7) is 4.95. The van der Waals surface area contributed by atoms with E-state index in [-0.39, 0.29) is 0 Å². The Kier molecular flexibility index (Phi) is 6.06. The lowest BCUT2D eigenvalue weighted by Crippen LogP contribution is -2.23. The predicted octanol–water partition coefficient (Wildman–Crippen LogP) is 2.86. The zero-order chi connectivity index (χ0) is 12.0. The van der Waals surface area contributed by atoms with E-state index in [1.807, 2.05) is 14.0 Å². The first-order valence-electron chi connectivity index (χ1n) is 5.20. The summed E-state index contributed by atoms with van der Waals surface area (Å²) in [5.74, 6) is 0. The molecule has 0 N–H and O–H groups in total. The van der Waals surface area contributed by atoms with Crippen molar-refractivity contribution in [2.75, 3.05) is 26.8 Å². The summed E-state index contributed by atoms with van der Waals surface area (Å²) >= 11 is 11.8. The van der Waals surface area contributed by atoms with Crippen molar-refractivity contribution < 1.29 is 4.74 Å². The molecule has 0 aliphatic heterocycles. The van der Waals surface area contributed by atoms with E-state index in [1.54, 1.807) is 12.1 Å². The molecule has 1 rings (SSSR count). The fraction of sp³-hybridized carbons (Fsp3) is 0.545. The number of likely N-dealkylation sites (N-methyl/N-ethyl adjacent to an activating group) is 1.